The van der Waals surface area contributed by atoms with E-state index in [1.54, 1.807) is 37.3 Å². The Labute approximate surface area is 352 Å². The summed E-state index contributed by atoms with van der Waals surface area (Å²) in [6.45, 7) is 9.61. The number of rotatable bonds is 16. The van der Waals surface area contributed by atoms with Crippen LogP contribution in [0.2, 0.25) is 5.02 Å². The van der Waals surface area contributed by atoms with Crippen molar-refractivity contribution in [3.63, 3.8) is 0 Å². The van der Waals surface area contributed by atoms with Gasteiger partial charge in [0.1, 0.15) is 41.6 Å². The van der Waals surface area contributed by atoms with Crippen molar-refractivity contribution in [1.29, 1.82) is 0 Å². The number of thiophene rings is 1. The first-order chi connectivity index (χ1) is 28.8. The zero-order valence-corrected chi connectivity index (χ0v) is 35.0. The second-order valence-electron chi connectivity index (χ2n) is 14.1. The van der Waals surface area contributed by atoms with E-state index in [0.717, 1.165) is 59.9 Å². The molecule has 0 saturated carbocycles. The standard InChI is InChI=1S/C45H45ClN6O6S/c1-5-11-38-39(32-16-17-36(41(46)31(32)6-2)56-25-24-52-22-20-51(3)21-23-52)40-43(48-28-49-44(40)59-38)58-37(45(53)54)26-29-12-7-9-14-34(29)57-27-30-18-19-47-42(50-30)33-13-8-10-15-35(33)55-4/h7-10,12-19,28,37H,6,20-27H2,1-4H3,(H,53,54)/p+1. The number of hydrogen-bond acceptors (Lipinski definition) is 11. The number of likely N-dealkylation sites (N-methyl/N-ethyl adjacent to an activating group) is 1. The third-order valence-corrected chi connectivity index (χ3v) is 11.7. The monoisotopic (exact) mass is 833 g/mol. The van der Waals surface area contributed by atoms with E-state index in [-0.39, 0.29) is 18.9 Å². The molecule has 304 valence electrons. The third kappa shape index (κ3) is 9.58. The van der Waals surface area contributed by atoms with Crippen LogP contribution in [0.3, 0.4) is 0 Å². The van der Waals surface area contributed by atoms with Gasteiger partial charge in [-0.25, -0.2) is 24.7 Å². The highest BCUT2D eigenvalue weighted by atomic mass is 35.5. The highest BCUT2D eigenvalue weighted by Crippen LogP contribution is 2.46. The SMILES string of the molecule is CC#Cc1sc2ncnc(OC(Cc3ccccc3OCc3ccnc(-c4ccccc4OC)n3)C(=O)O)c2c1-c1ccc(OCCN2CC[NH+](C)CC2)c(Cl)c1CC. The van der Waals surface area contributed by atoms with Crippen LogP contribution >= 0.6 is 22.9 Å². The zero-order chi connectivity index (χ0) is 41.3. The quantitative estimate of drug-likeness (QED) is 0.107. The average Bonchev–Trinajstić information content (AvgIpc) is 3.63. The van der Waals surface area contributed by atoms with Crippen molar-refractivity contribution in [2.45, 2.75) is 39.4 Å². The fraction of sp³-hybridized carbons (Fsp3) is 0.311. The highest BCUT2D eigenvalue weighted by Gasteiger charge is 2.28. The summed E-state index contributed by atoms with van der Waals surface area (Å²) in [6, 6.07) is 20.4. The molecule has 1 aliphatic rings. The number of halogens is 1. The maximum atomic E-state index is 12.9. The van der Waals surface area contributed by atoms with Gasteiger partial charge in [0.15, 0.2) is 5.82 Å². The van der Waals surface area contributed by atoms with Crippen molar-refractivity contribution in [2.24, 2.45) is 0 Å². The van der Waals surface area contributed by atoms with Crippen molar-refractivity contribution in [3.8, 4) is 57.5 Å². The number of nitrogens with zero attached hydrogens (tertiary/aromatic N) is 5. The Morgan fingerprint density at radius 2 is 1.76 bits per heavy atom. The molecule has 0 spiro atoms. The second-order valence-corrected chi connectivity index (χ2v) is 15.4. The van der Waals surface area contributed by atoms with Crippen LogP contribution in [0.4, 0.5) is 0 Å². The predicted molar refractivity (Wildman–Crippen MR) is 229 cm³/mol. The molecule has 0 aliphatic carbocycles. The minimum Gasteiger partial charge on any atom is -0.496 e. The van der Waals surface area contributed by atoms with E-state index in [9.17, 15) is 9.90 Å². The second kappa shape index (κ2) is 19.3. The summed E-state index contributed by atoms with van der Waals surface area (Å²) in [5.74, 6) is 7.51. The third-order valence-electron chi connectivity index (χ3n) is 10.2. The number of nitrogens with one attached hydrogen (secondary N) is 1. The average molecular weight is 834 g/mol. The molecule has 1 fully saturated rings. The number of carboxylic acids is 1. The molecule has 7 rings (SSSR count). The number of carbonyl (C=O) groups is 1. The molecule has 0 radical (unpaired) electrons. The van der Waals surface area contributed by atoms with Gasteiger partial charge in [-0.15, -0.1) is 17.3 Å². The fourth-order valence-corrected chi connectivity index (χ4v) is 8.51. The molecule has 2 N–H and O–H groups in total. The molecule has 1 atom stereocenters. The summed E-state index contributed by atoms with van der Waals surface area (Å²) in [5.41, 5.74) is 4.48. The summed E-state index contributed by atoms with van der Waals surface area (Å²) in [6.07, 6.45) is 2.32. The Morgan fingerprint density at radius 1 is 0.983 bits per heavy atom. The first-order valence-corrected chi connectivity index (χ1v) is 20.7. The summed E-state index contributed by atoms with van der Waals surface area (Å²) in [7, 11) is 3.83. The molecule has 3 aromatic carbocycles. The Kier molecular flexibility index (Phi) is 13.5. The van der Waals surface area contributed by atoms with E-state index in [2.05, 4.69) is 38.7 Å². The van der Waals surface area contributed by atoms with E-state index in [4.69, 9.17) is 35.5 Å². The largest absolute Gasteiger partial charge is 0.496 e. The van der Waals surface area contributed by atoms with Crippen molar-refractivity contribution >= 4 is 39.1 Å². The van der Waals surface area contributed by atoms with Gasteiger partial charge in [0.2, 0.25) is 12.0 Å². The van der Waals surface area contributed by atoms with Gasteiger partial charge in [0.25, 0.3) is 0 Å². The Hall–Kier alpha value is -5.78. The van der Waals surface area contributed by atoms with E-state index in [0.29, 0.717) is 62.6 Å². The Bertz CT molecular complexity index is 2500. The number of para-hydroxylation sites is 2. The van der Waals surface area contributed by atoms with Crippen LogP contribution in [0, 0.1) is 11.8 Å². The molecular weight excluding hydrogens is 788 g/mol. The molecular formula is C45H46ClN6O6S+. The van der Waals surface area contributed by atoms with Crippen LogP contribution in [-0.4, -0.2) is 95.5 Å². The first kappa shape index (κ1) is 41.4. The van der Waals surface area contributed by atoms with E-state index in [1.165, 1.54) is 17.7 Å². The summed E-state index contributed by atoms with van der Waals surface area (Å²) in [5, 5.41) is 11.6. The number of quaternary nitrogens is 1. The van der Waals surface area contributed by atoms with Crippen LogP contribution in [0.5, 0.6) is 23.1 Å². The molecule has 0 bridgehead atoms. The summed E-state index contributed by atoms with van der Waals surface area (Å²) in [4.78, 5) is 36.4. The number of aliphatic carboxylic acids is 1. The fourth-order valence-electron chi connectivity index (χ4n) is 7.10. The van der Waals surface area contributed by atoms with Gasteiger partial charge in [0, 0.05) is 37.8 Å². The van der Waals surface area contributed by atoms with Gasteiger partial charge in [0.05, 0.1) is 53.8 Å². The van der Waals surface area contributed by atoms with Crippen molar-refractivity contribution < 1.29 is 33.7 Å². The van der Waals surface area contributed by atoms with Gasteiger partial charge >= 0.3 is 5.97 Å². The van der Waals surface area contributed by atoms with E-state index < -0.39 is 12.1 Å². The van der Waals surface area contributed by atoms with Crippen LogP contribution in [0.15, 0.2) is 79.3 Å². The minimum atomic E-state index is -1.32. The topological polar surface area (TPSA) is 133 Å². The van der Waals surface area contributed by atoms with Crippen LogP contribution in [0.25, 0.3) is 32.7 Å². The normalized spacial score (nSPS) is 13.7. The summed E-state index contributed by atoms with van der Waals surface area (Å²) < 4.78 is 24.4. The lowest BCUT2D eigenvalue weighted by atomic mass is 9.96. The molecule has 14 heteroatoms. The zero-order valence-electron chi connectivity index (χ0n) is 33.5. The molecule has 3 aromatic heterocycles. The van der Waals surface area contributed by atoms with Gasteiger partial charge in [-0.1, -0.05) is 60.8 Å². The molecule has 1 unspecified atom stereocenters. The molecule has 0 amide bonds. The Morgan fingerprint density at radius 3 is 2.53 bits per heavy atom. The molecule has 12 nitrogen and oxygen atoms in total. The maximum absolute atomic E-state index is 12.9. The van der Waals surface area contributed by atoms with Gasteiger partial charge in [-0.05, 0) is 60.4 Å². The highest BCUT2D eigenvalue weighted by molar-refractivity contribution is 7.19. The smallest absolute Gasteiger partial charge is 0.345 e. The number of benzene rings is 3. The molecule has 1 aliphatic heterocycles. The van der Waals surface area contributed by atoms with Crippen LogP contribution < -0.4 is 23.8 Å². The lowest BCUT2D eigenvalue weighted by Gasteiger charge is -2.29. The van der Waals surface area contributed by atoms with Gasteiger partial charge < -0.3 is 29.0 Å². The van der Waals surface area contributed by atoms with E-state index >= 15 is 0 Å². The summed E-state index contributed by atoms with van der Waals surface area (Å²) >= 11 is 8.49. The van der Waals surface area contributed by atoms with E-state index in [1.807, 2.05) is 61.5 Å². The van der Waals surface area contributed by atoms with Crippen molar-refractivity contribution in [1.82, 2.24) is 24.8 Å². The Balaban J connectivity index is 1.14. The minimum absolute atomic E-state index is 0.0122. The number of ether oxygens (including phenoxy) is 4. The molecule has 4 heterocycles. The number of fused-ring (bicyclic) bond motifs is 1. The number of piperazine rings is 1. The number of methoxy groups -OCH3 is 1. The van der Waals surface area contributed by atoms with Gasteiger partial charge in [-0.2, -0.15) is 0 Å². The van der Waals surface area contributed by atoms with Crippen LogP contribution in [-0.2, 0) is 24.2 Å². The van der Waals surface area contributed by atoms with Crippen LogP contribution in [0.1, 0.15) is 35.5 Å². The predicted octanol–water partition coefficient (Wildman–Crippen LogP) is 6.27. The lowest BCUT2D eigenvalue weighted by molar-refractivity contribution is -0.884. The number of carboxylic acid groups (broad SMARTS) is 1. The number of hydrogen-bond donors (Lipinski definition) is 2. The molecule has 59 heavy (non-hydrogen) atoms. The van der Waals surface area contributed by atoms with Crippen molar-refractivity contribution in [3.05, 3.63) is 106 Å². The molecule has 1 saturated heterocycles. The molecule has 6 aromatic rings. The van der Waals surface area contributed by atoms with Crippen molar-refractivity contribution in [2.75, 3.05) is 53.5 Å². The van der Waals surface area contributed by atoms with Gasteiger partial charge in [-0.3, -0.25) is 4.90 Å². The first-order valence-electron chi connectivity index (χ1n) is 19.5. The number of aromatic nitrogens is 4. The maximum Gasteiger partial charge on any atom is 0.345 e. The lowest BCUT2D eigenvalue weighted by Crippen LogP contribution is -3.12.